The Morgan fingerprint density at radius 1 is 0.729 bits per heavy atom. The van der Waals surface area contributed by atoms with Crippen LogP contribution in [0.4, 0.5) is 0 Å². The zero-order chi connectivity index (χ0) is 36.4. The molecule has 2 aromatic carbocycles. The Labute approximate surface area is 283 Å². The molecule has 0 spiro atoms. The molecule has 48 heavy (non-hydrogen) atoms. The van der Waals surface area contributed by atoms with Gasteiger partial charge in [-0.2, -0.15) is 16.8 Å². The van der Waals surface area contributed by atoms with Gasteiger partial charge in [0.1, 0.15) is 44.9 Å². The van der Waals surface area contributed by atoms with Crippen LogP contribution in [0.3, 0.4) is 0 Å². The van der Waals surface area contributed by atoms with E-state index in [1.165, 1.54) is 20.1 Å². The number of nitrogens with zero attached hydrogens (tertiary/aromatic N) is 2. The number of aromatic hydroxyl groups is 2. The Morgan fingerprint density at radius 3 is 1.60 bits per heavy atom. The van der Waals surface area contributed by atoms with Crippen LogP contribution in [-0.2, 0) is 56.5 Å². The van der Waals surface area contributed by atoms with E-state index >= 15 is 0 Å². The van der Waals surface area contributed by atoms with Crippen molar-refractivity contribution in [3.8, 4) is 23.0 Å². The number of carboxylic acid groups (broad SMARTS) is 4. The summed E-state index contributed by atoms with van der Waals surface area (Å²) in [6.45, 7) is -1.51. The van der Waals surface area contributed by atoms with Gasteiger partial charge in [0.15, 0.2) is 0 Å². The average Bonchev–Trinajstić information content (AvgIpc) is 2.94. The molecule has 0 aliphatic heterocycles. The van der Waals surface area contributed by atoms with Crippen molar-refractivity contribution in [3.05, 3.63) is 35.9 Å². The van der Waals surface area contributed by atoms with Gasteiger partial charge in [0.05, 0.1) is 27.3 Å². The third-order valence-electron chi connectivity index (χ3n) is 6.19. The molecule has 2 atom stereocenters. The smallest absolute Gasteiger partial charge is 0.506 e. The Balaban J connectivity index is 0.00000132. The molecule has 0 amide bonds. The van der Waals surface area contributed by atoms with Crippen molar-refractivity contribution in [1.82, 2.24) is 9.80 Å². The average molecular weight is 768 g/mol. The first-order chi connectivity index (χ1) is 21.5. The molecule has 2 aromatic rings. The van der Waals surface area contributed by atoms with Gasteiger partial charge in [0.2, 0.25) is 0 Å². The standard InChI is InChI=1S/C18H24N2O13S.C7H8O5S.Mn/c1-9(17(26)27)19(7-13(21)22)3-4-20(8-14(23)24)15(18(28)29)11-5-10(33-2)6-12(16(11)25)34(30,31)32;1-12-5-2-3-6(8)7(4-5)13(9,10)11;/h5-6,9,15,25H,3-4,7-8H2,1-2H3,(H,21,22)(H,23,24)(H,26,27)(H,28,29)(H,30,31,32);2-4,8H,1H3,(H,9,10,11);/q;;+2/t9?,15-;;/m0../s1. The van der Waals surface area contributed by atoms with Crippen LogP contribution in [0, 0.1) is 0 Å². The zero-order valence-corrected chi connectivity index (χ0v) is 27.9. The van der Waals surface area contributed by atoms with Crippen LogP contribution in [-0.4, -0.2) is 137 Å². The summed E-state index contributed by atoms with van der Waals surface area (Å²) >= 11 is 0. The van der Waals surface area contributed by atoms with Gasteiger partial charge < -0.3 is 40.1 Å². The predicted octanol–water partition coefficient (Wildman–Crippen LogP) is -0.335. The molecular weight excluding hydrogens is 735 g/mol. The maximum Gasteiger partial charge on any atom is 2.00 e. The van der Waals surface area contributed by atoms with Crippen molar-refractivity contribution >= 4 is 44.1 Å². The van der Waals surface area contributed by atoms with Crippen LogP contribution in [0.15, 0.2) is 40.1 Å². The summed E-state index contributed by atoms with van der Waals surface area (Å²) in [6, 6.07) is 1.84. The Bertz CT molecular complexity index is 1700. The number of carbonyl (C=O) groups is 4. The third-order valence-corrected chi connectivity index (χ3v) is 7.94. The van der Waals surface area contributed by atoms with Crippen LogP contribution in [0.25, 0.3) is 0 Å². The van der Waals surface area contributed by atoms with E-state index in [0.717, 1.165) is 41.2 Å². The van der Waals surface area contributed by atoms with Gasteiger partial charge in [-0.15, -0.1) is 0 Å². The monoisotopic (exact) mass is 767 g/mol. The summed E-state index contributed by atoms with van der Waals surface area (Å²) in [5, 5.41) is 56.8. The summed E-state index contributed by atoms with van der Waals surface area (Å²) in [5.74, 6) is -7.77. The molecule has 20 nitrogen and oxygen atoms in total. The van der Waals surface area contributed by atoms with Crippen molar-refractivity contribution < 1.29 is 102 Å². The Morgan fingerprint density at radius 2 is 1.19 bits per heavy atom. The van der Waals surface area contributed by atoms with Crippen LogP contribution in [0.1, 0.15) is 18.5 Å². The maximum absolute atomic E-state index is 12.1. The van der Waals surface area contributed by atoms with E-state index in [4.69, 9.17) is 24.2 Å². The number of carboxylic acids is 4. The minimum absolute atomic E-state index is 0. The number of aliphatic carboxylic acids is 4. The number of phenolic OH excluding ortho intramolecular Hbond substituents is 2. The molecule has 0 aromatic heterocycles. The minimum Gasteiger partial charge on any atom is -0.506 e. The molecule has 0 saturated carbocycles. The molecule has 1 radical (unpaired) electrons. The first-order valence-electron chi connectivity index (χ1n) is 12.6. The third kappa shape index (κ3) is 12.8. The number of phenols is 2. The summed E-state index contributed by atoms with van der Waals surface area (Å²) in [4.78, 5) is 45.9. The largest absolute Gasteiger partial charge is 2.00 e. The number of benzene rings is 2. The number of ether oxygens (including phenoxy) is 2. The summed E-state index contributed by atoms with van der Waals surface area (Å²) < 4.78 is 72.2. The topological polar surface area (TPSA) is 323 Å². The molecule has 267 valence electrons. The van der Waals surface area contributed by atoms with Crippen molar-refractivity contribution in [1.29, 1.82) is 0 Å². The Kier molecular flexibility index (Phi) is 16.7. The second-order valence-electron chi connectivity index (χ2n) is 9.33. The SMILES string of the molecule is COc1cc([C@@H](C(=O)O)N(CCN(CC(=O)O)C(C)C(=O)O)CC(=O)O)c(O)c(S(=O)(=O)O)c1.COc1ccc(O)c(S(=O)(=O)O)c1.[Mn+2]. The second kappa shape index (κ2) is 18.4. The summed E-state index contributed by atoms with van der Waals surface area (Å²) in [5.41, 5.74) is -0.642. The minimum atomic E-state index is -5.05. The van der Waals surface area contributed by atoms with Crippen molar-refractivity contribution in [2.24, 2.45) is 0 Å². The van der Waals surface area contributed by atoms with E-state index in [9.17, 15) is 61.0 Å². The Hall–Kier alpha value is -4.22. The molecule has 1 unspecified atom stereocenters. The van der Waals surface area contributed by atoms with Gasteiger partial charge in [0, 0.05) is 30.8 Å². The fourth-order valence-electron chi connectivity index (χ4n) is 3.91. The van der Waals surface area contributed by atoms with E-state index < -0.39 is 109 Å². The number of hydrogen-bond acceptors (Lipinski definition) is 14. The number of hydrogen-bond donors (Lipinski definition) is 8. The van der Waals surface area contributed by atoms with E-state index in [0.29, 0.717) is 0 Å². The number of rotatable bonds is 16. The van der Waals surface area contributed by atoms with Crippen LogP contribution >= 0.6 is 0 Å². The van der Waals surface area contributed by atoms with Crippen molar-refractivity contribution in [2.75, 3.05) is 40.4 Å². The molecule has 0 aliphatic rings. The normalized spacial score (nSPS) is 12.6. The van der Waals surface area contributed by atoms with Gasteiger partial charge in [-0.1, -0.05) is 0 Å². The van der Waals surface area contributed by atoms with Gasteiger partial charge in [-0.05, 0) is 25.1 Å². The van der Waals surface area contributed by atoms with Gasteiger partial charge in [-0.25, -0.2) is 0 Å². The van der Waals surface area contributed by atoms with E-state index in [-0.39, 0.29) is 28.6 Å². The maximum atomic E-state index is 12.1. The molecule has 0 saturated heterocycles. The summed E-state index contributed by atoms with van der Waals surface area (Å²) in [7, 11) is -7.01. The van der Waals surface area contributed by atoms with Crippen LogP contribution in [0.5, 0.6) is 23.0 Å². The molecule has 2 rings (SSSR count). The first kappa shape index (κ1) is 43.8. The van der Waals surface area contributed by atoms with E-state index in [1.807, 2.05) is 0 Å². The molecular formula is C25H32MnN2O18S2+2. The summed E-state index contributed by atoms with van der Waals surface area (Å²) in [6.07, 6.45) is 0. The molecule has 0 aliphatic carbocycles. The van der Waals surface area contributed by atoms with Crippen molar-refractivity contribution in [3.63, 3.8) is 0 Å². The molecule has 0 heterocycles. The second-order valence-corrected chi connectivity index (χ2v) is 12.1. The number of methoxy groups -OCH3 is 2. The molecule has 0 bridgehead atoms. The van der Waals surface area contributed by atoms with Crippen LogP contribution < -0.4 is 9.47 Å². The molecule has 8 N–H and O–H groups in total. The fourth-order valence-corrected chi connectivity index (χ4v) is 5.13. The van der Waals surface area contributed by atoms with Crippen LogP contribution in [0.2, 0.25) is 0 Å². The van der Waals surface area contributed by atoms with E-state index in [2.05, 4.69) is 0 Å². The predicted molar refractivity (Wildman–Crippen MR) is 155 cm³/mol. The van der Waals surface area contributed by atoms with Gasteiger partial charge in [0.25, 0.3) is 20.2 Å². The molecule has 0 fully saturated rings. The van der Waals surface area contributed by atoms with Gasteiger partial charge in [-0.3, -0.25) is 38.1 Å². The zero-order valence-electron chi connectivity index (χ0n) is 25.1. The first-order valence-corrected chi connectivity index (χ1v) is 15.5. The van der Waals surface area contributed by atoms with Crippen molar-refractivity contribution in [2.45, 2.75) is 28.8 Å². The quantitative estimate of drug-likeness (QED) is 0.0800. The molecule has 23 heteroatoms. The van der Waals surface area contributed by atoms with E-state index in [1.54, 1.807) is 0 Å². The van der Waals surface area contributed by atoms with Gasteiger partial charge >= 0.3 is 40.9 Å². The fraction of sp³-hybridized carbons (Fsp3) is 0.360.